The van der Waals surface area contributed by atoms with Crippen LogP contribution in [0.1, 0.15) is 45.6 Å². The van der Waals surface area contributed by atoms with Gasteiger partial charge in [0.1, 0.15) is 11.6 Å². The van der Waals surface area contributed by atoms with Crippen molar-refractivity contribution in [3.63, 3.8) is 0 Å². The first-order chi connectivity index (χ1) is 21.4. The number of benzene rings is 2. The molecule has 6 rings (SSSR count). The molecule has 0 spiro atoms. The minimum absolute atomic E-state index is 0.00131. The number of hydrogen-bond donors (Lipinski definition) is 0. The van der Waals surface area contributed by atoms with E-state index in [1.54, 1.807) is 43.0 Å². The molecule has 4 aromatic rings. The van der Waals surface area contributed by atoms with Gasteiger partial charge in [-0.15, -0.1) is 0 Å². The maximum atomic E-state index is 15.1. The molecule has 0 aliphatic carbocycles. The van der Waals surface area contributed by atoms with Crippen LogP contribution >= 0.6 is 0 Å². The third-order valence-electron chi connectivity index (χ3n) is 8.40. The van der Waals surface area contributed by atoms with E-state index in [1.807, 2.05) is 0 Å². The van der Waals surface area contributed by atoms with E-state index >= 15 is 4.39 Å². The summed E-state index contributed by atoms with van der Waals surface area (Å²) in [5.41, 5.74) is 0.944. The molecule has 0 N–H and O–H groups in total. The number of methoxy groups -OCH3 is 1. The van der Waals surface area contributed by atoms with Gasteiger partial charge in [-0.1, -0.05) is 12.1 Å². The number of rotatable bonds is 5. The van der Waals surface area contributed by atoms with Gasteiger partial charge in [0.2, 0.25) is 11.8 Å². The van der Waals surface area contributed by atoms with E-state index in [0.29, 0.717) is 64.5 Å². The Hall–Kier alpha value is -4.81. The predicted octanol–water partition coefficient (Wildman–Crippen LogP) is 6.05. The van der Waals surface area contributed by atoms with E-state index in [0.717, 1.165) is 6.07 Å². The molecule has 0 radical (unpaired) electrons. The van der Waals surface area contributed by atoms with Crippen LogP contribution in [-0.2, 0) is 17.4 Å². The van der Waals surface area contributed by atoms with Crippen LogP contribution in [0.15, 0.2) is 48.7 Å². The maximum Gasteiger partial charge on any atom is 0.419 e. The molecule has 2 aliphatic heterocycles. The Morgan fingerprint density at radius 1 is 1.02 bits per heavy atom. The van der Waals surface area contributed by atoms with Gasteiger partial charge in [0.05, 0.1) is 36.2 Å². The number of nitrogens with zero attached hydrogens (tertiary/aromatic N) is 5. The second-order valence-electron chi connectivity index (χ2n) is 11.2. The summed E-state index contributed by atoms with van der Waals surface area (Å²) in [7, 11) is 1.44. The number of fused-ring (bicyclic) bond motifs is 1. The van der Waals surface area contributed by atoms with Gasteiger partial charge < -0.3 is 14.5 Å². The van der Waals surface area contributed by atoms with Crippen LogP contribution in [0.5, 0.6) is 5.88 Å². The molecule has 2 aromatic heterocycles. The van der Waals surface area contributed by atoms with Crippen LogP contribution in [-0.4, -0.2) is 57.7 Å². The Morgan fingerprint density at radius 2 is 1.76 bits per heavy atom. The maximum absolute atomic E-state index is 15.1. The standard InChI is InChI=1S/C32H28F5N5O3/c1-17-4-5-19-14-26(43)41(30(19)27(17)34)21-10-12-40(13-11-21)31(44)28-18(2)29(20-6-9-25(45-3)38-16-20)42(39-28)22-7-8-24(33)23(15-22)32(35,36)37/h4-9,15-16,21H,10-14H2,1-3H3. The first-order valence-corrected chi connectivity index (χ1v) is 14.3. The topological polar surface area (TPSA) is 80.6 Å². The molecule has 0 bridgehead atoms. The van der Waals surface area contributed by atoms with Gasteiger partial charge in [0.15, 0.2) is 5.69 Å². The predicted molar refractivity (Wildman–Crippen MR) is 154 cm³/mol. The van der Waals surface area contributed by atoms with Gasteiger partial charge in [-0.3, -0.25) is 9.59 Å². The highest BCUT2D eigenvalue weighted by molar-refractivity contribution is 6.02. The lowest BCUT2D eigenvalue weighted by Crippen LogP contribution is -2.48. The largest absolute Gasteiger partial charge is 0.481 e. The number of pyridine rings is 1. The Morgan fingerprint density at radius 3 is 2.40 bits per heavy atom. The number of carbonyl (C=O) groups excluding carboxylic acids is 2. The molecular formula is C32H28F5N5O3. The number of hydrogen-bond acceptors (Lipinski definition) is 5. The normalized spacial score (nSPS) is 15.5. The summed E-state index contributed by atoms with van der Waals surface area (Å²) in [6, 6.07) is 8.81. The number of piperidine rings is 1. The molecule has 0 atom stereocenters. The van der Waals surface area contributed by atoms with Crippen molar-refractivity contribution < 1.29 is 36.3 Å². The van der Waals surface area contributed by atoms with Crippen LogP contribution in [0.2, 0.25) is 0 Å². The molecule has 45 heavy (non-hydrogen) atoms. The van der Waals surface area contributed by atoms with Gasteiger partial charge in [0, 0.05) is 42.5 Å². The number of aryl methyl sites for hydroxylation is 1. The molecular weight excluding hydrogens is 597 g/mol. The van der Waals surface area contributed by atoms with Gasteiger partial charge in [-0.25, -0.2) is 18.4 Å². The second kappa shape index (κ2) is 11.3. The lowest BCUT2D eigenvalue weighted by atomic mass is 10.0. The number of anilines is 1. The van der Waals surface area contributed by atoms with E-state index in [4.69, 9.17) is 4.74 Å². The van der Waals surface area contributed by atoms with Gasteiger partial charge in [-0.2, -0.15) is 18.3 Å². The Balaban J connectivity index is 1.32. The molecule has 0 saturated carbocycles. The van der Waals surface area contributed by atoms with Crippen LogP contribution in [0.3, 0.4) is 0 Å². The minimum Gasteiger partial charge on any atom is -0.481 e. The summed E-state index contributed by atoms with van der Waals surface area (Å²) < 4.78 is 76.3. The van der Waals surface area contributed by atoms with Gasteiger partial charge in [0.25, 0.3) is 5.91 Å². The zero-order valence-electron chi connectivity index (χ0n) is 24.6. The molecule has 4 heterocycles. The van der Waals surface area contributed by atoms with Crippen molar-refractivity contribution in [2.75, 3.05) is 25.1 Å². The lowest BCUT2D eigenvalue weighted by Gasteiger charge is -2.37. The summed E-state index contributed by atoms with van der Waals surface area (Å²) in [4.78, 5) is 34.0. The molecule has 1 fully saturated rings. The van der Waals surface area contributed by atoms with Crippen LogP contribution < -0.4 is 9.64 Å². The van der Waals surface area contributed by atoms with Crippen LogP contribution in [0.4, 0.5) is 27.6 Å². The van der Waals surface area contributed by atoms with Crippen LogP contribution in [0, 0.1) is 25.5 Å². The summed E-state index contributed by atoms with van der Waals surface area (Å²) in [5, 5.41) is 4.45. The summed E-state index contributed by atoms with van der Waals surface area (Å²) in [6.45, 7) is 3.76. The summed E-state index contributed by atoms with van der Waals surface area (Å²) >= 11 is 0. The number of carbonyl (C=O) groups is 2. The highest BCUT2D eigenvalue weighted by atomic mass is 19.4. The minimum atomic E-state index is -4.95. The summed E-state index contributed by atoms with van der Waals surface area (Å²) in [6.07, 6.45) is -2.60. The van der Waals surface area contributed by atoms with E-state index in [9.17, 15) is 27.2 Å². The fraction of sp³-hybridized carbons (Fsp3) is 0.312. The molecule has 2 amide bonds. The third kappa shape index (κ3) is 5.29. The SMILES string of the molecule is COc1ccc(-c2c(C)c(C(=O)N3CCC(N4C(=O)Cc5ccc(C)c(F)c54)CC3)nn2-c2ccc(F)c(C(F)(F)F)c2)cn1. The van der Waals surface area contributed by atoms with E-state index in [-0.39, 0.29) is 42.8 Å². The molecule has 1 saturated heterocycles. The van der Waals surface area contributed by atoms with E-state index < -0.39 is 29.3 Å². The zero-order chi connectivity index (χ0) is 32.2. The smallest absolute Gasteiger partial charge is 0.419 e. The monoisotopic (exact) mass is 625 g/mol. The van der Waals surface area contributed by atoms with Crippen molar-refractivity contribution in [3.05, 3.63) is 88.2 Å². The first kappa shape index (κ1) is 30.2. The number of aromatic nitrogens is 3. The van der Waals surface area contributed by atoms with Gasteiger partial charge in [-0.05, 0) is 62.1 Å². The molecule has 13 heteroatoms. The Labute approximate surface area is 255 Å². The average molecular weight is 626 g/mol. The Kier molecular flexibility index (Phi) is 7.58. The fourth-order valence-electron chi connectivity index (χ4n) is 6.07. The van der Waals surface area contributed by atoms with E-state index in [1.165, 1.54) is 22.9 Å². The van der Waals surface area contributed by atoms with Gasteiger partial charge >= 0.3 is 6.18 Å². The van der Waals surface area contributed by atoms with Crippen molar-refractivity contribution in [1.29, 1.82) is 0 Å². The first-order valence-electron chi connectivity index (χ1n) is 14.3. The number of halogens is 5. The fourth-order valence-corrected chi connectivity index (χ4v) is 6.07. The van der Waals surface area contributed by atoms with Crippen molar-refractivity contribution in [2.24, 2.45) is 0 Å². The zero-order valence-corrected chi connectivity index (χ0v) is 24.6. The van der Waals surface area contributed by atoms with Crippen molar-refractivity contribution >= 4 is 17.5 Å². The third-order valence-corrected chi connectivity index (χ3v) is 8.40. The lowest BCUT2D eigenvalue weighted by molar-refractivity contribution is -0.140. The number of alkyl halides is 3. The van der Waals surface area contributed by atoms with Crippen LogP contribution in [0.25, 0.3) is 16.9 Å². The molecule has 234 valence electrons. The Bertz CT molecular complexity index is 1810. The second-order valence-corrected chi connectivity index (χ2v) is 11.2. The number of ether oxygens (including phenoxy) is 1. The van der Waals surface area contributed by atoms with Crippen molar-refractivity contribution in [1.82, 2.24) is 19.7 Å². The molecule has 0 unspecified atom stereocenters. The highest BCUT2D eigenvalue weighted by Crippen LogP contribution is 2.38. The van der Waals surface area contributed by atoms with Crippen molar-refractivity contribution in [2.45, 2.75) is 45.3 Å². The summed E-state index contributed by atoms with van der Waals surface area (Å²) in [5.74, 6) is -2.20. The van der Waals surface area contributed by atoms with Crippen molar-refractivity contribution in [3.8, 4) is 22.8 Å². The average Bonchev–Trinajstić information content (AvgIpc) is 3.55. The molecule has 8 nitrogen and oxygen atoms in total. The quantitative estimate of drug-likeness (QED) is 0.253. The molecule has 2 aromatic carbocycles. The number of amides is 2. The highest BCUT2D eigenvalue weighted by Gasteiger charge is 2.39. The van der Waals surface area contributed by atoms with E-state index in [2.05, 4.69) is 10.1 Å². The molecule has 2 aliphatic rings. The number of likely N-dealkylation sites (tertiary alicyclic amines) is 1.